The number of aromatic hydroxyl groups is 1. The van der Waals surface area contributed by atoms with Gasteiger partial charge in [0.1, 0.15) is 5.75 Å². The highest BCUT2D eigenvalue weighted by Gasteiger charge is 2.38. The number of halogens is 3. The number of aliphatic carboxylic acids is 1. The van der Waals surface area contributed by atoms with Crippen molar-refractivity contribution in [3.05, 3.63) is 126 Å². The number of alkyl halides is 3. The van der Waals surface area contributed by atoms with Crippen LogP contribution in [0, 0.1) is 11.8 Å². The molecule has 1 saturated carbocycles. The molecule has 1 heterocycles. The van der Waals surface area contributed by atoms with Crippen LogP contribution in [0.2, 0.25) is 0 Å². The van der Waals surface area contributed by atoms with Gasteiger partial charge in [-0.3, -0.25) is 9.59 Å². The minimum absolute atomic E-state index is 0.0489. The Morgan fingerprint density at radius 2 is 1.48 bits per heavy atom. The van der Waals surface area contributed by atoms with Gasteiger partial charge in [-0.2, -0.15) is 13.2 Å². The summed E-state index contributed by atoms with van der Waals surface area (Å²) in [6.07, 6.45) is 2.33. The first-order valence-corrected chi connectivity index (χ1v) is 18.0. The molecular weight excluding hydrogens is 697 g/mol. The van der Waals surface area contributed by atoms with Gasteiger partial charge in [0.2, 0.25) is 5.91 Å². The number of carboxylic acid groups (broad SMARTS) is 1. The number of carbonyl (C=O) groups is 3. The molecule has 2 amide bonds. The van der Waals surface area contributed by atoms with E-state index < -0.39 is 12.1 Å². The van der Waals surface area contributed by atoms with E-state index in [9.17, 15) is 27.9 Å². The van der Waals surface area contributed by atoms with Gasteiger partial charge in [-0.15, -0.1) is 0 Å². The number of H-pyrrole nitrogens is 1. The monoisotopic (exact) mass is 742 g/mol. The summed E-state index contributed by atoms with van der Waals surface area (Å²) in [6.45, 7) is 2.45. The Bertz CT molecular complexity index is 2020. The van der Waals surface area contributed by atoms with Gasteiger partial charge in [0.25, 0.3) is 5.91 Å². The van der Waals surface area contributed by atoms with Crippen molar-refractivity contribution in [3.8, 4) is 16.9 Å². The summed E-state index contributed by atoms with van der Waals surface area (Å²) >= 11 is 0. The Labute approximate surface area is 312 Å². The van der Waals surface area contributed by atoms with Gasteiger partial charge in [0.15, 0.2) is 0 Å². The molecule has 0 bridgehead atoms. The number of hydrogen-bond acceptors (Lipinski definition) is 5. The average Bonchev–Trinajstić information content (AvgIpc) is 3.58. The van der Waals surface area contributed by atoms with Crippen molar-refractivity contribution >= 4 is 28.7 Å². The van der Waals surface area contributed by atoms with E-state index in [0.29, 0.717) is 49.9 Å². The van der Waals surface area contributed by atoms with E-state index >= 15 is 0 Å². The standard InChI is InChI=1S/C40H44N4O3.C2HF3O2/c41-24-29-11-13-30(14-12-29)25-43-40(47)34-8-4-7-33(22-34)32-6-3-5-31(21-32)27-44(20-19-28-15-17-36(45)18-16-28)39(46)23-35-26-42-38-10-2-1-9-37(35)38;3-2(4,5)1(6)7/h1-10,15-18,21-22,26,29-30,42,45H,11-14,19-20,23-25,27,41H2,(H,43,47);(H,6,7). The Morgan fingerprint density at radius 3 is 2.17 bits per heavy atom. The number of phenolic OH excluding ortho intramolecular Hbond substituents is 1. The predicted octanol–water partition coefficient (Wildman–Crippen LogP) is 7.48. The summed E-state index contributed by atoms with van der Waals surface area (Å²) in [5, 5.41) is 21.1. The molecule has 0 aliphatic heterocycles. The van der Waals surface area contributed by atoms with Crippen molar-refractivity contribution in [2.75, 3.05) is 19.6 Å². The molecule has 1 aliphatic carbocycles. The summed E-state index contributed by atoms with van der Waals surface area (Å²) in [5.74, 6) is -1.39. The molecule has 0 unspecified atom stereocenters. The van der Waals surface area contributed by atoms with Crippen molar-refractivity contribution in [2.45, 2.75) is 51.2 Å². The van der Waals surface area contributed by atoms with Crippen molar-refractivity contribution < 1.29 is 37.8 Å². The van der Waals surface area contributed by atoms with Crippen LogP contribution in [0.15, 0.2) is 103 Å². The van der Waals surface area contributed by atoms with E-state index in [1.807, 2.05) is 90.0 Å². The summed E-state index contributed by atoms with van der Waals surface area (Å²) in [7, 11) is 0. The lowest BCUT2D eigenvalue weighted by Gasteiger charge is -2.27. The number of carboxylic acids is 1. The van der Waals surface area contributed by atoms with Crippen LogP contribution in [0.4, 0.5) is 13.2 Å². The van der Waals surface area contributed by atoms with Crippen LogP contribution in [0.1, 0.15) is 52.7 Å². The summed E-state index contributed by atoms with van der Waals surface area (Å²) in [6, 6.07) is 31.2. The van der Waals surface area contributed by atoms with Gasteiger partial charge in [-0.05, 0) is 115 Å². The predicted molar refractivity (Wildman–Crippen MR) is 202 cm³/mol. The molecule has 6 rings (SSSR count). The number of nitrogens with two attached hydrogens (primary N) is 1. The van der Waals surface area contributed by atoms with E-state index in [-0.39, 0.29) is 17.6 Å². The first kappa shape index (κ1) is 39.6. The zero-order valence-corrected chi connectivity index (χ0v) is 29.8. The van der Waals surface area contributed by atoms with Gasteiger partial charge >= 0.3 is 12.1 Å². The first-order chi connectivity index (χ1) is 25.9. The Balaban J connectivity index is 0.000000730. The fraction of sp³-hybridized carbons (Fsp3) is 0.310. The average molecular weight is 743 g/mol. The van der Waals surface area contributed by atoms with Gasteiger partial charge in [-0.25, -0.2) is 4.79 Å². The number of aromatic nitrogens is 1. The minimum atomic E-state index is -5.08. The zero-order valence-electron chi connectivity index (χ0n) is 29.8. The fourth-order valence-corrected chi connectivity index (χ4v) is 6.69. The molecule has 5 aromatic rings. The molecule has 6 N–H and O–H groups in total. The van der Waals surface area contributed by atoms with Crippen molar-refractivity contribution in [1.82, 2.24) is 15.2 Å². The van der Waals surface area contributed by atoms with Gasteiger partial charge in [0, 0.05) is 42.3 Å². The van der Waals surface area contributed by atoms with Gasteiger partial charge in [-0.1, -0.05) is 60.7 Å². The van der Waals surface area contributed by atoms with Crippen LogP contribution in [-0.2, 0) is 29.0 Å². The van der Waals surface area contributed by atoms with Crippen LogP contribution < -0.4 is 11.1 Å². The van der Waals surface area contributed by atoms with Crippen LogP contribution in [0.5, 0.6) is 5.75 Å². The number of aromatic amines is 1. The lowest BCUT2D eigenvalue weighted by molar-refractivity contribution is -0.192. The lowest BCUT2D eigenvalue weighted by Crippen LogP contribution is -2.33. The first-order valence-electron chi connectivity index (χ1n) is 18.0. The maximum absolute atomic E-state index is 13.8. The number of carbonyl (C=O) groups excluding carboxylic acids is 2. The number of phenols is 1. The maximum atomic E-state index is 13.8. The van der Waals surface area contributed by atoms with Crippen LogP contribution in [0.25, 0.3) is 22.0 Å². The van der Waals surface area contributed by atoms with Gasteiger partial charge in [0.05, 0.1) is 6.42 Å². The third-order valence-corrected chi connectivity index (χ3v) is 9.83. The summed E-state index contributed by atoms with van der Waals surface area (Å²) < 4.78 is 31.7. The number of para-hydroxylation sites is 1. The van der Waals surface area contributed by atoms with E-state index in [2.05, 4.69) is 16.4 Å². The van der Waals surface area contributed by atoms with Crippen LogP contribution in [-0.4, -0.2) is 63.7 Å². The molecule has 54 heavy (non-hydrogen) atoms. The molecule has 4 aromatic carbocycles. The number of fused-ring (bicyclic) bond motifs is 1. The third kappa shape index (κ3) is 11.2. The van der Waals surface area contributed by atoms with Crippen molar-refractivity contribution in [3.63, 3.8) is 0 Å². The molecule has 0 radical (unpaired) electrons. The number of amides is 2. The molecule has 1 aromatic heterocycles. The van der Waals surface area contributed by atoms with E-state index in [4.69, 9.17) is 15.6 Å². The zero-order chi connectivity index (χ0) is 38.7. The number of hydrogen-bond donors (Lipinski definition) is 5. The molecule has 12 heteroatoms. The molecule has 1 aliphatic rings. The molecule has 1 fully saturated rings. The van der Waals surface area contributed by atoms with E-state index in [1.54, 1.807) is 12.1 Å². The number of nitrogens with zero attached hydrogens (tertiary/aromatic N) is 1. The normalized spacial score (nSPS) is 15.6. The molecule has 284 valence electrons. The molecule has 0 atom stereocenters. The highest BCUT2D eigenvalue weighted by Crippen LogP contribution is 2.28. The van der Waals surface area contributed by atoms with Crippen molar-refractivity contribution in [1.29, 1.82) is 0 Å². The quantitative estimate of drug-likeness (QED) is 0.0895. The third-order valence-electron chi connectivity index (χ3n) is 9.83. The lowest BCUT2D eigenvalue weighted by atomic mass is 9.82. The fourth-order valence-electron chi connectivity index (χ4n) is 6.69. The SMILES string of the molecule is NCC1CCC(CNC(=O)c2cccc(-c3cccc(CN(CCc4ccc(O)cc4)C(=O)Cc4c[nH]c5ccccc45)c3)c2)CC1.O=C(O)C(F)(F)F. The molecule has 0 spiro atoms. The Hall–Kier alpha value is -5.62. The topological polar surface area (TPSA) is 149 Å². The second-order valence-electron chi connectivity index (χ2n) is 13.7. The Morgan fingerprint density at radius 1 is 0.833 bits per heavy atom. The second kappa shape index (κ2) is 18.4. The summed E-state index contributed by atoms with van der Waals surface area (Å²) in [5.41, 5.74) is 12.5. The largest absolute Gasteiger partial charge is 0.508 e. The van der Waals surface area contributed by atoms with E-state index in [1.165, 1.54) is 0 Å². The summed E-state index contributed by atoms with van der Waals surface area (Å²) in [4.78, 5) is 41.0. The van der Waals surface area contributed by atoms with Gasteiger partial charge < -0.3 is 31.1 Å². The Kier molecular flexibility index (Phi) is 13.5. The molecule has 0 saturated heterocycles. The minimum Gasteiger partial charge on any atom is -0.508 e. The molecule has 9 nitrogen and oxygen atoms in total. The van der Waals surface area contributed by atoms with Crippen LogP contribution >= 0.6 is 0 Å². The maximum Gasteiger partial charge on any atom is 0.490 e. The number of nitrogens with one attached hydrogen (secondary N) is 2. The highest BCUT2D eigenvalue weighted by atomic mass is 19.4. The number of rotatable bonds is 12. The van der Waals surface area contributed by atoms with E-state index in [0.717, 1.165) is 70.9 Å². The van der Waals surface area contributed by atoms with Crippen molar-refractivity contribution in [2.24, 2.45) is 17.6 Å². The molecular formula is C42H45F3N4O5. The number of benzene rings is 4. The highest BCUT2D eigenvalue weighted by molar-refractivity contribution is 5.95. The van der Waals surface area contributed by atoms with Crippen LogP contribution in [0.3, 0.4) is 0 Å². The smallest absolute Gasteiger partial charge is 0.490 e. The second-order valence-corrected chi connectivity index (χ2v) is 13.7.